The van der Waals surface area contributed by atoms with E-state index in [-0.39, 0.29) is 24.3 Å². The summed E-state index contributed by atoms with van der Waals surface area (Å²) >= 11 is 0. The number of hydrogen-bond donors (Lipinski definition) is 2. The highest BCUT2D eigenvalue weighted by Crippen LogP contribution is 2.29. The first-order valence-electron chi connectivity index (χ1n) is 11.8. The summed E-state index contributed by atoms with van der Waals surface area (Å²) < 4.78 is 42.2. The minimum Gasteiger partial charge on any atom is -0.388 e. The van der Waals surface area contributed by atoms with E-state index in [1.165, 1.54) is 28.3 Å². The first-order valence-corrected chi connectivity index (χ1v) is 11.8. The second-order valence-corrected chi connectivity index (χ2v) is 8.73. The summed E-state index contributed by atoms with van der Waals surface area (Å²) in [6.45, 7) is 4.10. The SMILES string of the molecule is CC.Cn1c(NCC2(O)CCCCC2)nc2c1c(=O)n(Cc1ccc(C(F)(F)F)cc1)c(=O)n2C. The zero-order chi connectivity index (χ0) is 26.0. The van der Waals surface area contributed by atoms with Crippen molar-refractivity contribution in [2.75, 3.05) is 11.9 Å². The van der Waals surface area contributed by atoms with Gasteiger partial charge in [-0.1, -0.05) is 45.2 Å². The average Bonchev–Trinajstić information content (AvgIpc) is 3.17. The lowest BCUT2D eigenvalue weighted by Gasteiger charge is -2.32. The molecular formula is C24H32F3N5O3. The molecule has 1 aromatic carbocycles. The molecule has 1 saturated carbocycles. The van der Waals surface area contributed by atoms with Gasteiger partial charge in [0.15, 0.2) is 11.2 Å². The van der Waals surface area contributed by atoms with Crippen LogP contribution in [0.5, 0.6) is 0 Å². The van der Waals surface area contributed by atoms with Crippen LogP contribution in [0.1, 0.15) is 57.1 Å². The van der Waals surface area contributed by atoms with Gasteiger partial charge in [-0.2, -0.15) is 18.2 Å². The Morgan fingerprint density at radius 1 is 1.03 bits per heavy atom. The van der Waals surface area contributed by atoms with E-state index in [1.807, 2.05) is 13.8 Å². The van der Waals surface area contributed by atoms with Crippen LogP contribution in [0.4, 0.5) is 19.1 Å². The molecule has 2 heterocycles. The normalized spacial score (nSPS) is 15.5. The quantitative estimate of drug-likeness (QED) is 0.564. The van der Waals surface area contributed by atoms with E-state index in [1.54, 1.807) is 7.05 Å². The largest absolute Gasteiger partial charge is 0.416 e. The molecule has 4 rings (SSSR count). The van der Waals surface area contributed by atoms with E-state index in [9.17, 15) is 27.9 Å². The van der Waals surface area contributed by atoms with Crippen molar-refractivity contribution in [3.05, 3.63) is 56.2 Å². The minimum absolute atomic E-state index is 0.173. The predicted molar refractivity (Wildman–Crippen MR) is 129 cm³/mol. The molecule has 8 nitrogen and oxygen atoms in total. The van der Waals surface area contributed by atoms with Crippen molar-refractivity contribution >= 4 is 17.1 Å². The first kappa shape index (κ1) is 26.5. The van der Waals surface area contributed by atoms with Crippen LogP contribution in [0.3, 0.4) is 0 Å². The molecule has 1 aliphatic carbocycles. The highest BCUT2D eigenvalue weighted by atomic mass is 19.4. The summed E-state index contributed by atoms with van der Waals surface area (Å²) in [6.07, 6.45) is -0.110. The van der Waals surface area contributed by atoms with Crippen molar-refractivity contribution in [2.24, 2.45) is 14.1 Å². The molecule has 0 spiro atoms. The van der Waals surface area contributed by atoms with Gasteiger partial charge in [0.1, 0.15) is 0 Å². The fraction of sp³-hybridized carbons (Fsp3) is 0.542. The third-order valence-electron chi connectivity index (χ3n) is 6.34. The molecule has 192 valence electrons. The van der Waals surface area contributed by atoms with Crippen LogP contribution in [0, 0.1) is 0 Å². The molecule has 3 aromatic rings. The number of fused-ring (bicyclic) bond motifs is 1. The van der Waals surface area contributed by atoms with Crippen LogP contribution in [-0.2, 0) is 26.8 Å². The highest BCUT2D eigenvalue weighted by Gasteiger charge is 2.31. The average molecular weight is 496 g/mol. The van der Waals surface area contributed by atoms with E-state index < -0.39 is 28.6 Å². The maximum atomic E-state index is 13.2. The Morgan fingerprint density at radius 3 is 2.20 bits per heavy atom. The molecule has 1 aliphatic rings. The molecule has 0 radical (unpaired) electrons. The third-order valence-corrected chi connectivity index (χ3v) is 6.34. The van der Waals surface area contributed by atoms with Crippen LogP contribution in [0.25, 0.3) is 11.2 Å². The Morgan fingerprint density at radius 2 is 1.63 bits per heavy atom. The molecule has 2 N–H and O–H groups in total. The van der Waals surface area contributed by atoms with Gasteiger partial charge in [-0.25, -0.2) is 4.79 Å². The zero-order valence-corrected chi connectivity index (χ0v) is 20.4. The van der Waals surface area contributed by atoms with Crippen molar-refractivity contribution in [2.45, 2.75) is 64.3 Å². The summed E-state index contributed by atoms with van der Waals surface area (Å²) in [5.74, 6) is 0.350. The number of hydrogen-bond acceptors (Lipinski definition) is 5. The predicted octanol–water partition coefficient (Wildman–Crippen LogP) is 3.63. The number of imidazole rings is 1. The summed E-state index contributed by atoms with van der Waals surface area (Å²) in [5.41, 5.74) is -2.09. The molecule has 11 heteroatoms. The van der Waals surface area contributed by atoms with Crippen molar-refractivity contribution in [1.82, 2.24) is 18.7 Å². The van der Waals surface area contributed by atoms with Gasteiger partial charge in [-0.05, 0) is 30.5 Å². The molecule has 0 bridgehead atoms. The summed E-state index contributed by atoms with van der Waals surface area (Å²) in [5, 5.41) is 13.8. The molecule has 2 aromatic heterocycles. The van der Waals surface area contributed by atoms with Gasteiger partial charge in [-0.15, -0.1) is 0 Å². The van der Waals surface area contributed by atoms with Crippen LogP contribution in [0.2, 0.25) is 0 Å². The van der Waals surface area contributed by atoms with Crippen molar-refractivity contribution < 1.29 is 18.3 Å². The Labute approximate surface area is 201 Å². The maximum Gasteiger partial charge on any atom is 0.416 e. The van der Waals surface area contributed by atoms with Gasteiger partial charge in [-0.3, -0.25) is 13.9 Å². The van der Waals surface area contributed by atoms with Crippen LogP contribution in [-0.4, -0.2) is 35.9 Å². The van der Waals surface area contributed by atoms with E-state index in [0.29, 0.717) is 24.4 Å². The molecule has 0 unspecified atom stereocenters. The molecule has 0 saturated heterocycles. The number of aromatic nitrogens is 4. The van der Waals surface area contributed by atoms with Crippen LogP contribution in [0.15, 0.2) is 33.9 Å². The van der Waals surface area contributed by atoms with Gasteiger partial charge in [0.05, 0.1) is 17.7 Å². The second kappa shape index (κ2) is 10.3. The standard InChI is InChI=1S/C22H26F3N5O3.C2H6/c1-28-16-17(27-19(28)26-13-21(33)10-4-3-5-11-21)29(2)20(32)30(18(16)31)12-14-6-8-15(9-7-14)22(23,24)25;1-2/h6-9,33H,3-5,10-13H2,1-2H3,(H,26,27);1-2H3. The molecule has 35 heavy (non-hydrogen) atoms. The van der Waals surface area contributed by atoms with E-state index in [0.717, 1.165) is 36.0 Å². The number of aliphatic hydroxyl groups is 1. The zero-order valence-electron chi connectivity index (χ0n) is 20.4. The van der Waals surface area contributed by atoms with Crippen molar-refractivity contribution in [3.8, 4) is 0 Å². The number of nitrogens with zero attached hydrogens (tertiary/aromatic N) is 4. The van der Waals surface area contributed by atoms with Gasteiger partial charge in [0.2, 0.25) is 5.95 Å². The van der Waals surface area contributed by atoms with E-state index >= 15 is 0 Å². The van der Waals surface area contributed by atoms with Gasteiger partial charge >= 0.3 is 11.9 Å². The maximum absolute atomic E-state index is 13.2. The number of nitrogens with one attached hydrogen (secondary N) is 1. The number of benzene rings is 1. The number of aryl methyl sites for hydroxylation is 2. The summed E-state index contributed by atoms with van der Waals surface area (Å²) in [7, 11) is 3.12. The monoisotopic (exact) mass is 495 g/mol. The fourth-order valence-corrected chi connectivity index (χ4v) is 4.35. The lowest BCUT2D eigenvalue weighted by atomic mass is 9.85. The lowest BCUT2D eigenvalue weighted by molar-refractivity contribution is -0.137. The number of anilines is 1. The molecular weight excluding hydrogens is 463 g/mol. The van der Waals surface area contributed by atoms with Crippen molar-refractivity contribution in [3.63, 3.8) is 0 Å². The second-order valence-electron chi connectivity index (χ2n) is 8.73. The molecule has 0 atom stereocenters. The number of halogens is 3. The topological polar surface area (TPSA) is 94.1 Å². The van der Waals surface area contributed by atoms with Gasteiger partial charge < -0.3 is 15.0 Å². The minimum atomic E-state index is -4.46. The van der Waals surface area contributed by atoms with Gasteiger partial charge in [0.25, 0.3) is 5.56 Å². The molecule has 0 aliphatic heterocycles. The van der Waals surface area contributed by atoms with Crippen molar-refractivity contribution in [1.29, 1.82) is 0 Å². The first-order chi connectivity index (χ1) is 16.5. The smallest absolute Gasteiger partial charge is 0.388 e. The molecule has 1 fully saturated rings. The number of rotatable bonds is 5. The molecule has 0 amide bonds. The van der Waals surface area contributed by atoms with Crippen LogP contribution >= 0.6 is 0 Å². The third kappa shape index (κ3) is 5.44. The number of alkyl halides is 3. The Hall–Kier alpha value is -3.08. The Kier molecular flexibility index (Phi) is 7.78. The van der Waals surface area contributed by atoms with E-state index in [2.05, 4.69) is 10.3 Å². The summed E-state index contributed by atoms with van der Waals surface area (Å²) in [4.78, 5) is 30.4. The Balaban J connectivity index is 0.00000167. The lowest BCUT2D eigenvalue weighted by Crippen LogP contribution is -2.40. The fourth-order valence-electron chi connectivity index (χ4n) is 4.35. The Bertz CT molecular complexity index is 1280. The summed E-state index contributed by atoms with van der Waals surface area (Å²) in [6, 6.07) is 4.34. The van der Waals surface area contributed by atoms with Crippen LogP contribution < -0.4 is 16.6 Å². The van der Waals surface area contributed by atoms with E-state index in [4.69, 9.17) is 0 Å². The highest BCUT2D eigenvalue weighted by molar-refractivity contribution is 5.74. The van der Waals surface area contributed by atoms with Gasteiger partial charge in [0, 0.05) is 20.6 Å².